The Balaban J connectivity index is 2.49. The third-order valence-electron chi connectivity index (χ3n) is 3.16. The van der Waals surface area contributed by atoms with Crippen molar-refractivity contribution in [2.24, 2.45) is 11.7 Å². The number of hydrogen-bond donors (Lipinski definition) is 2. The molecule has 3 N–H and O–H groups in total. The minimum absolute atomic E-state index is 0.178. The summed E-state index contributed by atoms with van der Waals surface area (Å²) < 4.78 is 5.28. The minimum Gasteiger partial charge on any atom is -0.444 e. The molecule has 1 amide bonds. The summed E-state index contributed by atoms with van der Waals surface area (Å²) in [5.74, 6) is 0.394. The van der Waals surface area contributed by atoms with Crippen LogP contribution in [0, 0.1) is 5.92 Å². The van der Waals surface area contributed by atoms with Crippen molar-refractivity contribution >= 4 is 6.09 Å². The highest BCUT2D eigenvalue weighted by molar-refractivity contribution is 5.68. The fourth-order valence-corrected chi connectivity index (χ4v) is 2.32. The summed E-state index contributed by atoms with van der Waals surface area (Å²) in [5.41, 5.74) is 5.34. The predicted molar refractivity (Wildman–Crippen MR) is 68.8 cm³/mol. The average molecular weight is 242 g/mol. The number of nitrogens with one attached hydrogen (secondary N) is 1. The van der Waals surface area contributed by atoms with Gasteiger partial charge in [-0.1, -0.05) is 19.3 Å². The Morgan fingerprint density at radius 1 is 1.29 bits per heavy atom. The molecule has 0 unspecified atom stereocenters. The molecule has 0 aromatic rings. The van der Waals surface area contributed by atoms with Gasteiger partial charge in [-0.2, -0.15) is 0 Å². The van der Waals surface area contributed by atoms with E-state index in [2.05, 4.69) is 5.32 Å². The molecule has 1 saturated carbocycles. The highest BCUT2D eigenvalue weighted by atomic mass is 16.6. The van der Waals surface area contributed by atoms with Gasteiger partial charge in [-0.25, -0.2) is 4.79 Å². The number of hydrogen-bond acceptors (Lipinski definition) is 3. The lowest BCUT2D eigenvalue weighted by molar-refractivity contribution is 0.0484. The summed E-state index contributed by atoms with van der Waals surface area (Å²) >= 11 is 0. The van der Waals surface area contributed by atoms with Gasteiger partial charge in [0.25, 0.3) is 0 Å². The van der Waals surface area contributed by atoms with Gasteiger partial charge in [-0.3, -0.25) is 0 Å². The van der Waals surface area contributed by atoms with Crippen LogP contribution in [-0.2, 0) is 4.74 Å². The Bertz CT molecular complexity index is 248. The summed E-state index contributed by atoms with van der Waals surface area (Å²) in [6.07, 6.45) is 5.43. The first kappa shape index (κ1) is 14.3. The number of nitrogens with two attached hydrogens (primary N) is 1. The van der Waals surface area contributed by atoms with Crippen molar-refractivity contribution in [3.8, 4) is 0 Å². The number of carbonyl (C=O) groups is 1. The first-order chi connectivity index (χ1) is 7.92. The van der Waals surface area contributed by atoms with Gasteiger partial charge in [0.1, 0.15) is 5.60 Å². The molecular formula is C13H26N2O2. The molecule has 0 bridgehead atoms. The van der Waals surface area contributed by atoms with Crippen LogP contribution in [0.4, 0.5) is 4.79 Å². The molecule has 0 radical (unpaired) electrons. The fraction of sp³-hybridized carbons (Fsp3) is 0.923. The third kappa shape index (κ3) is 5.39. The van der Waals surface area contributed by atoms with Crippen LogP contribution >= 0.6 is 0 Å². The lowest BCUT2D eigenvalue weighted by Gasteiger charge is -2.27. The molecule has 1 fully saturated rings. The lowest BCUT2D eigenvalue weighted by atomic mass is 9.95. The number of rotatable bonds is 2. The smallest absolute Gasteiger partial charge is 0.407 e. The van der Waals surface area contributed by atoms with E-state index >= 15 is 0 Å². The second-order valence-electron chi connectivity index (χ2n) is 5.89. The minimum atomic E-state index is -0.437. The van der Waals surface area contributed by atoms with Crippen molar-refractivity contribution in [3.05, 3.63) is 0 Å². The number of carbonyl (C=O) groups excluding carboxylic acids is 1. The van der Waals surface area contributed by atoms with Crippen molar-refractivity contribution < 1.29 is 9.53 Å². The molecule has 0 saturated heterocycles. The van der Waals surface area contributed by atoms with Gasteiger partial charge in [0, 0.05) is 6.04 Å². The molecule has 1 rings (SSSR count). The molecule has 1 aliphatic carbocycles. The maximum atomic E-state index is 11.7. The van der Waals surface area contributed by atoms with Crippen LogP contribution in [0.15, 0.2) is 0 Å². The van der Waals surface area contributed by atoms with Crippen LogP contribution in [-0.4, -0.2) is 24.3 Å². The monoisotopic (exact) mass is 242 g/mol. The third-order valence-corrected chi connectivity index (χ3v) is 3.16. The molecule has 100 valence electrons. The van der Waals surface area contributed by atoms with E-state index in [1.807, 2.05) is 20.8 Å². The number of alkyl carbamates (subject to hydrolysis) is 1. The molecule has 17 heavy (non-hydrogen) atoms. The number of ether oxygens (including phenoxy) is 1. The zero-order chi connectivity index (χ0) is 12.9. The van der Waals surface area contributed by atoms with Gasteiger partial charge in [0.15, 0.2) is 0 Å². The Kier molecular flexibility index (Phi) is 5.25. The van der Waals surface area contributed by atoms with Crippen molar-refractivity contribution in [1.29, 1.82) is 0 Å². The van der Waals surface area contributed by atoms with Crippen molar-refractivity contribution in [1.82, 2.24) is 5.32 Å². The van der Waals surface area contributed by atoms with Gasteiger partial charge in [-0.05, 0) is 46.1 Å². The maximum absolute atomic E-state index is 11.7. The fourth-order valence-electron chi connectivity index (χ4n) is 2.32. The molecule has 4 heteroatoms. The van der Waals surface area contributed by atoms with E-state index in [1.165, 1.54) is 12.8 Å². The van der Waals surface area contributed by atoms with Crippen molar-refractivity contribution in [3.63, 3.8) is 0 Å². The topological polar surface area (TPSA) is 64.3 Å². The van der Waals surface area contributed by atoms with Gasteiger partial charge in [0.05, 0.1) is 0 Å². The summed E-state index contributed by atoms with van der Waals surface area (Å²) in [4.78, 5) is 11.7. The Morgan fingerprint density at radius 3 is 2.53 bits per heavy atom. The molecule has 0 aliphatic heterocycles. The summed E-state index contributed by atoms with van der Waals surface area (Å²) in [5, 5.41) is 2.98. The summed E-state index contributed by atoms with van der Waals surface area (Å²) in [6.45, 7) is 6.26. The van der Waals surface area contributed by atoms with E-state index in [9.17, 15) is 4.79 Å². The van der Waals surface area contributed by atoms with E-state index in [-0.39, 0.29) is 12.1 Å². The summed E-state index contributed by atoms with van der Waals surface area (Å²) in [7, 11) is 0. The van der Waals surface area contributed by atoms with Gasteiger partial charge in [-0.15, -0.1) is 0 Å². The van der Waals surface area contributed by atoms with E-state index in [1.54, 1.807) is 0 Å². The van der Waals surface area contributed by atoms with Crippen molar-refractivity contribution in [2.75, 3.05) is 6.54 Å². The lowest BCUT2D eigenvalue weighted by Crippen LogP contribution is -2.44. The second kappa shape index (κ2) is 6.24. The largest absolute Gasteiger partial charge is 0.444 e. The Hall–Kier alpha value is -0.770. The van der Waals surface area contributed by atoms with E-state index in [4.69, 9.17) is 10.5 Å². The highest BCUT2D eigenvalue weighted by Crippen LogP contribution is 2.23. The molecular weight excluding hydrogens is 216 g/mol. The molecule has 4 nitrogen and oxygen atoms in total. The van der Waals surface area contributed by atoms with Crippen LogP contribution < -0.4 is 11.1 Å². The van der Waals surface area contributed by atoms with Crippen LogP contribution in [0.25, 0.3) is 0 Å². The molecule has 0 heterocycles. The van der Waals surface area contributed by atoms with E-state index < -0.39 is 5.60 Å². The van der Waals surface area contributed by atoms with Gasteiger partial charge < -0.3 is 15.8 Å². The summed E-state index contributed by atoms with van der Waals surface area (Å²) in [6, 6.07) is 0.178. The Morgan fingerprint density at radius 2 is 1.94 bits per heavy atom. The zero-order valence-corrected chi connectivity index (χ0v) is 11.3. The van der Waals surface area contributed by atoms with Crippen LogP contribution in [0.1, 0.15) is 52.9 Å². The quantitative estimate of drug-likeness (QED) is 0.731. The average Bonchev–Trinajstić information content (AvgIpc) is 2.39. The van der Waals surface area contributed by atoms with Crippen LogP contribution in [0.3, 0.4) is 0 Å². The van der Waals surface area contributed by atoms with Crippen LogP contribution in [0.2, 0.25) is 0 Å². The zero-order valence-electron chi connectivity index (χ0n) is 11.3. The molecule has 2 atom stereocenters. The molecule has 1 aliphatic rings. The first-order valence-corrected chi connectivity index (χ1v) is 6.62. The number of amides is 1. The second-order valence-corrected chi connectivity index (χ2v) is 5.89. The SMILES string of the molecule is CC(C)(C)OC(=O)N[C@@H]1CCCCC[C@@H]1CN. The highest BCUT2D eigenvalue weighted by Gasteiger charge is 2.26. The molecule has 0 aromatic carbocycles. The molecule has 0 spiro atoms. The van der Waals surface area contributed by atoms with Crippen molar-refractivity contribution in [2.45, 2.75) is 64.5 Å². The van der Waals surface area contributed by atoms with E-state index in [0.29, 0.717) is 12.5 Å². The van der Waals surface area contributed by atoms with E-state index in [0.717, 1.165) is 19.3 Å². The standard InChI is InChI=1S/C13H26N2O2/c1-13(2,3)17-12(16)15-11-8-6-4-5-7-10(11)9-14/h10-11H,4-9,14H2,1-3H3,(H,15,16)/t10-,11-/m1/s1. The van der Waals surface area contributed by atoms with Gasteiger partial charge >= 0.3 is 6.09 Å². The molecule has 0 aromatic heterocycles. The maximum Gasteiger partial charge on any atom is 0.407 e. The first-order valence-electron chi connectivity index (χ1n) is 6.62. The normalized spacial score (nSPS) is 26.1. The predicted octanol–water partition coefficient (Wildman–Crippen LogP) is 2.42. The Labute approximate surface area is 104 Å². The van der Waals surface area contributed by atoms with Gasteiger partial charge in [0.2, 0.25) is 0 Å². The van der Waals surface area contributed by atoms with Crippen LogP contribution in [0.5, 0.6) is 0 Å².